The first-order valence-electron chi connectivity index (χ1n) is 8.97. The van der Waals surface area contributed by atoms with E-state index in [0.29, 0.717) is 0 Å². The lowest BCUT2D eigenvalue weighted by Crippen LogP contribution is -2.36. The third kappa shape index (κ3) is 4.46. The summed E-state index contributed by atoms with van der Waals surface area (Å²) in [7, 11) is 0. The van der Waals surface area contributed by atoms with Crippen LogP contribution in [0, 0.1) is 0 Å². The third-order valence-electron chi connectivity index (χ3n) is 4.09. The number of nitrogens with one attached hydrogen (secondary N) is 2. The summed E-state index contributed by atoms with van der Waals surface area (Å²) in [5, 5.41) is 15.5. The molecule has 0 radical (unpaired) electrons. The van der Waals surface area contributed by atoms with Gasteiger partial charge in [0.2, 0.25) is 0 Å². The molecule has 0 spiro atoms. The van der Waals surface area contributed by atoms with E-state index in [1.165, 1.54) is 31.2 Å². The van der Waals surface area contributed by atoms with E-state index in [1.54, 1.807) is 24.3 Å². The fourth-order valence-corrected chi connectivity index (χ4v) is 2.77. The molecule has 0 saturated heterocycles. The summed E-state index contributed by atoms with van der Waals surface area (Å²) in [6, 6.07) is 12.5. The van der Waals surface area contributed by atoms with Gasteiger partial charge in [-0.15, -0.1) is 0 Å². The molecule has 2 amide bonds. The van der Waals surface area contributed by atoms with Gasteiger partial charge in [0.05, 0.1) is 10.9 Å². The van der Waals surface area contributed by atoms with Crippen molar-refractivity contribution in [1.82, 2.24) is 10.6 Å². The summed E-state index contributed by atoms with van der Waals surface area (Å²) >= 11 is 0. The van der Waals surface area contributed by atoms with Crippen molar-refractivity contribution in [1.29, 1.82) is 0 Å². The Bertz CT molecular complexity index is 1180. The zero-order valence-corrected chi connectivity index (χ0v) is 15.9. The van der Waals surface area contributed by atoms with Gasteiger partial charge in [0.25, 0.3) is 11.8 Å². The van der Waals surface area contributed by atoms with Crippen LogP contribution in [0.2, 0.25) is 0 Å². The number of rotatable bonds is 6. The van der Waals surface area contributed by atoms with Crippen molar-refractivity contribution >= 4 is 28.8 Å². The van der Waals surface area contributed by atoms with Crippen molar-refractivity contribution in [2.75, 3.05) is 13.1 Å². The first-order valence-corrected chi connectivity index (χ1v) is 8.97. The fraction of sp³-hybridized carbons (Fsp3) is 0.143. The minimum atomic E-state index is -0.969. The van der Waals surface area contributed by atoms with Gasteiger partial charge in [-0.25, -0.2) is 4.79 Å². The topological polar surface area (TPSA) is 135 Å². The third-order valence-corrected chi connectivity index (χ3v) is 4.09. The van der Waals surface area contributed by atoms with Crippen molar-refractivity contribution in [3.8, 4) is 11.5 Å². The molecule has 1 aromatic heterocycles. The molecule has 0 saturated carbocycles. The van der Waals surface area contributed by atoms with E-state index < -0.39 is 34.7 Å². The molecule has 0 aliphatic rings. The zero-order chi connectivity index (χ0) is 21.7. The lowest BCUT2D eigenvalue weighted by molar-refractivity contribution is -0.131. The molecule has 9 nitrogen and oxygen atoms in total. The maximum absolute atomic E-state index is 12.3. The molecule has 9 heteroatoms. The number of ether oxygens (including phenoxy) is 1. The predicted octanol–water partition coefficient (Wildman–Crippen LogP) is 1.58. The Labute approximate surface area is 170 Å². The van der Waals surface area contributed by atoms with Crippen LogP contribution in [-0.4, -0.2) is 36.0 Å². The first-order chi connectivity index (χ1) is 14.4. The van der Waals surface area contributed by atoms with E-state index in [4.69, 9.17) is 9.15 Å². The van der Waals surface area contributed by atoms with Gasteiger partial charge in [0.15, 0.2) is 5.56 Å². The second kappa shape index (κ2) is 8.91. The van der Waals surface area contributed by atoms with E-state index in [1.807, 2.05) is 0 Å². The van der Waals surface area contributed by atoms with Gasteiger partial charge in [0.1, 0.15) is 17.1 Å². The highest BCUT2D eigenvalue weighted by Crippen LogP contribution is 2.25. The predicted molar refractivity (Wildman–Crippen MR) is 107 cm³/mol. The number of carbonyl (C=O) groups excluding carboxylic acids is 3. The number of carbonyl (C=O) groups is 3. The van der Waals surface area contributed by atoms with Gasteiger partial charge in [-0.2, -0.15) is 0 Å². The highest BCUT2D eigenvalue weighted by atomic mass is 16.5. The Kier molecular flexibility index (Phi) is 6.11. The maximum Gasteiger partial charge on any atom is 0.353 e. The molecule has 3 aromatic rings. The van der Waals surface area contributed by atoms with Crippen molar-refractivity contribution in [3.63, 3.8) is 0 Å². The number of hydrogen-bond donors (Lipinski definition) is 3. The zero-order valence-electron chi connectivity index (χ0n) is 15.9. The first kappa shape index (κ1) is 20.6. The molecule has 3 rings (SSSR count). The van der Waals surface area contributed by atoms with E-state index in [0.717, 1.165) is 0 Å². The van der Waals surface area contributed by atoms with Crippen LogP contribution in [0.4, 0.5) is 0 Å². The SMILES string of the molecule is CC(=O)Oc1ccccc1C(=O)NCCNC(=O)c1c(O)c2ccccc2oc1=O. The van der Waals surface area contributed by atoms with Crippen LogP contribution in [-0.2, 0) is 4.79 Å². The Morgan fingerprint density at radius 3 is 2.33 bits per heavy atom. The minimum Gasteiger partial charge on any atom is -0.506 e. The number of aromatic hydroxyl groups is 1. The average Bonchev–Trinajstić information content (AvgIpc) is 2.71. The summed E-state index contributed by atoms with van der Waals surface area (Å²) in [4.78, 5) is 47.8. The largest absolute Gasteiger partial charge is 0.506 e. The summed E-state index contributed by atoms with van der Waals surface area (Å²) in [6.07, 6.45) is 0. The number of hydrogen-bond acceptors (Lipinski definition) is 7. The Balaban J connectivity index is 1.62. The van der Waals surface area contributed by atoms with Crippen molar-refractivity contribution < 1.29 is 28.6 Å². The highest BCUT2D eigenvalue weighted by molar-refractivity contribution is 6.01. The van der Waals surface area contributed by atoms with Gasteiger partial charge in [-0.1, -0.05) is 24.3 Å². The molecular weight excluding hydrogens is 392 g/mol. The molecule has 3 N–H and O–H groups in total. The van der Waals surface area contributed by atoms with E-state index in [2.05, 4.69) is 10.6 Å². The minimum absolute atomic E-state index is 0.0218. The molecule has 0 aliphatic carbocycles. The van der Waals surface area contributed by atoms with E-state index in [9.17, 15) is 24.3 Å². The van der Waals surface area contributed by atoms with Crippen molar-refractivity contribution in [3.05, 3.63) is 70.1 Å². The van der Waals surface area contributed by atoms with Gasteiger partial charge in [-0.3, -0.25) is 14.4 Å². The molecule has 0 atom stereocenters. The monoisotopic (exact) mass is 410 g/mol. The summed E-state index contributed by atoms with van der Waals surface area (Å²) in [5.41, 5.74) is -1.16. The normalized spacial score (nSPS) is 10.4. The van der Waals surface area contributed by atoms with Crippen LogP contribution in [0.1, 0.15) is 27.6 Å². The number of para-hydroxylation sites is 2. The molecule has 154 valence electrons. The maximum atomic E-state index is 12.3. The van der Waals surface area contributed by atoms with Crippen molar-refractivity contribution in [2.24, 2.45) is 0 Å². The number of amides is 2. The number of esters is 1. The van der Waals surface area contributed by atoms with Crippen LogP contribution in [0.3, 0.4) is 0 Å². The lowest BCUT2D eigenvalue weighted by Gasteiger charge is -2.10. The molecular formula is C21H18N2O7. The second-order valence-electron chi connectivity index (χ2n) is 6.21. The smallest absolute Gasteiger partial charge is 0.353 e. The van der Waals surface area contributed by atoms with Crippen LogP contribution in [0.25, 0.3) is 11.0 Å². The average molecular weight is 410 g/mol. The quantitative estimate of drug-likeness (QED) is 0.243. The lowest BCUT2D eigenvalue weighted by atomic mass is 10.1. The summed E-state index contributed by atoms with van der Waals surface area (Å²) in [6.45, 7) is 1.23. The standard InChI is InChI=1S/C21H18N2O7/c1-12(24)29-16-9-5-3-7-14(16)19(26)22-10-11-23-20(27)17-18(25)13-6-2-4-8-15(13)30-21(17)28/h2-9,25H,10-11H2,1H3,(H,22,26)(H,23,27). The van der Waals surface area contributed by atoms with E-state index in [-0.39, 0.29) is 35.4 Å². The molecule has 0 aliphatic heterocycles. The van der Waals surface area contributed by atoms with Gasteiger partial charge in [0, 0.05) is 20.0 Å². The Morgan fingerprint density at radius 2 is 1.60 bits per heavy atom. The molecule has 30 heavy (non-hydrogen) atoms. The fourth-order valence-electron chi connectivity index (χ4n) is 2.77. The molecule has 0 bridgehead atoms. The van der Waals surface area contributed by atoms with Gasteiger partial charge < -0.3 is 24.9 Å². The van der Waals surface area contributed by atoms with Crippen molar-refractivity contribution in [2.45, 2.75) is 6.92 Å². The summed E-state index contributed by atoms with van der Waals surface area (Å²) in [5.74, 6) is -2.25. The van der Waals surface area contributed by atoms with Crippen LogP contribution < -0.4 is 21.0 Å². The Morgan fingerprint density at radius 1 is 0.967 bits per heavy atom. The number of benzene rings is 2. The Hall–Kier alpha value is -4.14. The number of fused-ring (bicyclic) bond motifs is 1. The highest BCUT2D eigenvalue weighted by Gasteiger charge is 2.20. The summed E-state index contributed by atoms with van der Waals surface area (Å²) < 4.78 is 10.0. The van der Waals surface area contributed by atoms with E-state index >= 15 is 0 Å². The molecule has 2 aromatic carbocycles. The second-order valence-corrected chi connectivity index (χ2v) is 6.21. The van der Waals surface area contributed by atoms with Gasteiger partial charge >= 0.3 is 11.6 Å². The molecule has 1 heterocycles. The van der Waals surface area contributed by atoms with Crippen LogP contribution in [0.5, 0.6) is 11.5 Å². The molecule has 0 unspecified atom stereocenters. The van der Waals surface area contributed by atoms with Crippen LogP contribution >= 0.6 is 0 Å². The van der Waals surface area contributed by atoms with Crippen LogP contribution in [0.15, 0.2) is 57.7 Å². The molecule has 0 fully saturated rings. The van der Waals surface area contributed by atoms with Gasteiger partial charge in [-0.05, 0) is 24.3 Å².